The number of nitrogens with one attached hydrogen (secondary N) is 2. The van der Waals surface area contributed by atoms with Gasteiger partial charge in [-0.05, 0) is 68.8 Å². The predicted octanol–water partition coefficient (Wildman–Crippen LogP) is 4.85. The summed E-state index contributed by atoms with van der Waals surface area (Å²) in [6.45, 7) is 5.43. The molecule has 2 N–H and O–H groups in total. The summed E-state index contributed by atoms with van der Waals surface area (Å²) in [6.07, 6.45) is -0.0207. The summed E-state index contributed by atoms with van der Waals surface area (Å²) in [6, 6.07) is 7.60. The summed E-state index contributed by atoms with van der Waals surface area (Å²) < 4.78 is 69.9. The van der Waals surface area contributed by atoms with Gasteiger partial charge in [0.25, 0.3) is 15.9 Å². The van der Waals surface area contributed by atoms with Crippen LogP contribution in [0.25, 0.3) is 0 Å². The van der Waals surface area contributed by atoms with Crippen molar-refractivity contribution in [1.82, 2.24) is 15.5 Å². The Kier molecular flexibility index (Phi) is 8.34. The van der Waals surface area contributed by atoms with Crippen molar-refractivity contribution in [2.75, 3.05) is 37.0 Å². The number of carbonyl (C=O) groups is 2. The normalized spacial score (nSPS) is 24.6. The Morgan fingerprint density at radius 1 is 1.02 bits per heavy atom. The van der Waals surface area contributed by atoms with Crippen molar-refractivity contribution >= 4 is 39.1 Å². The maximum Gasteiger partial charge on any atom is 0.416 e. The van der Waals surface area contributed by atoms with Crippen molar-refractivity contribution in [2.45, 2.75) is 50.2 Å². The quantitative estimate of drug-likeness (QED) is 0.435. The van der Waals surface area contributed by atoms with E-state index in [0.29, 0.717) is 38.9 Å². The maximum atomic E-state index is 14.1. The number of benzene rings is 2. The molecule has 1 atom stereocenters. The third-order valence-electron chi connectivity index (χ3n) is 8.73. The first-order chi connectivity index (χ1) is 20.1. The predicted molar refractivity (Wildman–Crippen MR) is 157 cm³/mol. The molecule has 0 saturated carbocycles. The lowest BCUT2D eigenvalue weighted by molar-refractivity contribution is -0.137. The molecular weight excluding hydrogens is 605 g/mol. The molecule has 3 heterocycles. The molecule has 13 heteroatoms. The molecule has 5 rings (SSSR count). The lowest BCUT2D eigenvalue weighted by Crippen LogP contribution is -2.53. The molecule has 2 saturated heterocycles. The highest BCUT2D eigenvalue weighted by Gasteiger charge is 2.46. The molecule has 1 spiro atoms. The summed E-state index contributed by atoms with van der Waals surface area (Å²) in [5.41, 5.74) is -2.38. The number of halogens is 4. The van der Waals surface area contributed by atoms with Gasteiger partial charge in [-0.25, -0.2) is 8.42 Å². The van der Waals surface area contributed by atoms with Crippen LogP contribution in [0.3, 0.4) is 0 Å². The Bertz CT molecular complexity index is 1550. The van der Waals surface area contributed by atoms with Crippen LogP contribution in [0.2, 0.25) is 5.02 Å². The molecule has 1 unspecified atom stereocenters. The van der Waals surface area contributed by atoms with E-state index in [1.165, 1.54) is 24.3 Å². The Morgan fingerprint density at radius 3 is 2.44 bits per heavy atom. The standard InChI is InChI=1S/C30H34ClF3N4O4S/c1-28(2)19-37-18-25(28)36-27(40)29(11-13-35-14-12-29)10-3-4-15-38(22-7-5-6-21(17-22)30(32,33)34)43(41,42)24-16-20(26(37)39)8-9-23(24)31/h3-9,16-17,25,35H,10-15,18-19H2,1-2H3,(H,36,40)/b4-3+. The number of piperidine rings is 1. The van der Waals surface area contributed by atoms with Crippen molar-refractivity contribution < 1.29 is 31.2 Å². The van der Waals surface area contributed by atoms with Gasteiger partial charge in [-0.15, -0.1) is 0 Å². The first-order valence-electron chi connectivity index (χ1n) is 14.1. The molecule has 3 aliphatic rings. The minimum atomic E-state index is -4.70. The van der Waals surface area contributed by atoms with Gasteiger partial charge in [-0.3, -0.25) is 13.9 Å². The zero-order chi connectivity index (χ0) is 31.2. The molecule has 0 radical (unpaired) electrons. The van der Waals surface area contributed by atoms with Gasteiger partial charge in [0, 0.05) is 24.1 Å². The van der Waals surface area contributed by atoms with Gasteiger partial charge in [0.05, 0.1) is 34.3 Å². The number of rotatable bonds is 1. The zero-order valence-corrected chi connectivity index (χ0v) is 25.5. The molecule has 2 amide bonds. The number of sulfonamides is 1. The number of hydrogen-bond acceptors (Lipinski definition) is 5. The number of alkyl halides is 3. The lowest BCUT2D eigenvalue weighted by Gasteiger charge is -2.38. The van der Waals surface area contributed by atoms with Crippen molar-refractivity contribution in [3.63, 3.8) is 0 Å². The second kappa shape index (κ2) is 11.4. The van der Waals surface area contributed by atoms with Crippen LogP contribution in [0.4, 0.5) is 18.9 Å². The lowest BCUT2D eigenvalue weighted by atomic mass is 9.74. The SMILES string of the molecule is CC1(C)CN2CC1NC(=O)C1(C/C=C/CN(c3cccc(C(F)(F)F)c3)S(=O)(=O)c3cc(ccc3Cl)C2=O)CCNCC1. The van der Waals surface area contributed by atoms with Crippen LogP contribution in [0.5, 0.6) is 0 Å². The van der Waals surface area contributed by atoms with E-state index in [4.69, 9.17) is 11.6 Å². The van der Waals surface area contributed by atoms with Gasteiger partial charge >= 0.3 is 6.18 Å². The number of amides is 2. The molecule has 43 heavy (non-hydrogen) atoms. The Hall–Kier alpha value is -3.09. The van der Waals surface area contributed by atoms with Crippen LogP contribution >= 0.6 is 11.6 Å². The number of nitrogens with zero attached hydrogens (tertiary/aromatic N) is 2. The molecule has 2 aromatic carbocycles. The van der Waals surface area contributed by atoms with E-state index in [1.54, 1.807) is 17.1 Å². The molecule has 4 bridgehead atoms. The highest BCUT2D eigenvalue weighted by Crippen LogP contribution is 2.38. The average Bonchev–Trinajstić information content (AvgIpc) is 3.25. The van der Waals surface area contributed by atoms with E-state index in [1.807, 2.05) is 13.8 Å². The Labute approximate surface area is 254 Å². The number of allylic oxidation sites excluding steroid dienone is 1. The third kappa shape index (κ3) is 6.14. The van der Waals surface area contributed by atoms with Gasteiger partial charge < -0.3 is 15.5 Å². The van der Waals surface area contributed by atoms with Crippen LogP contribution in [-0.2, 0) is 21.0 Å². The summed E-state index contributed by atoms with van der Waals surface area (Å²) in [5.74, 6) is -0.568. The number of hydrogen-bond donors (Lipinski definition) is 2. The maximum absolute atomic E-state index is 14.1. The largest absolute Gasteiger partial charge is 0.416 e. The van der Waals surface area contributed by atoms with E-state index in [9.17, 15) is 31.2 Å². The Balaban J connectivity index is 1.64. The molecule has 2 aromatic rings. The zero-order valence-electron chi connectivity index (χ0n) is 23.9. The Morgan fingerprint density at radius 2 is 1.74 bits per heavy atom. The molecule has 8 nitrogen and oxygen atoms in total. The second-order valence-corrected chi connectivity index (χ2v) is 14.4. The van der Waals surface area contributed by atoms with Crippen LogP contribution in [0.1, 0.15) is 49.0 Å². The van der Waals surface area contributed by atoms with Crippen molar-refractivity contribution in [1.29, 1.82) is 0 Å². The first kappa shape index (κ1) is 31.3. The number of anilines is 1. The van der Waals surface area contributed by atoms with E-state index >= 15 is 0 Å². The van der Waals surface area contributed by atoms with Gasteiger partial charge in [-0.2, -0.15) is 13.2 Å². The van der Waals surface area contributed by atoms with Gasteiger partial charge in [0.2, 0.25) is 5.91 Å². The molecular formula is C30H34ClF3N4O4S. The minimum Gasteiger partial charge on any atom is -0.350 e. The van der Waals surface area contributed by atoms with Gasteiger partial charge in [-0.1, -0.05) is 43.7 Å². The van der Waals surface area contributed by atoms with Crippen LogP contribution in [0, 0.1) is 10.8 Å². The summed E-state index contributed by atoms with van der Waals surface area (Å²) >= 11 is 6.37. The summed E-state index contributed by atoms with van der Waals surface area (Å²) in [5, 5.41) is 6.32. The monoisotopic (exact) mass is 638 g/mol. The molecule has 0 aliphatic carbocycles. The molecule has 2 fully saturated rings. The van der Waals surface area contributed by atoms with E-state index in [2.05, 4.69) is 10.6 Å². The highest BCUT2D eigenvalue weighted by atomic mass is 35.5. The smallest absolute Gasteiger partial charge is 0.350 e. The van der Waals surface area contributed by atoms with Gasteiger partial charge in [0.1, 0.15) is 4.90 Å². The highest BCUT2D eigenvalue weighted by molar-refractivity contribution is 7.93. The topological polar surface area (TPSA) is 98.8 Å². The van der Waals surface area contributed by atoms with Crippen LogP contribution in [0.15, 0.2) is 59.5 Å². The van der Waals surface area contributed by atoms with Crippen molar-refractivity contribution in [3.8, 4) is 0 Å². The first-order valence-corrected chi connectivity index (χ1v) is 15.9. The third-order valence-corrected chi connectivity index (χ3v) is 11.0. The fourth-order valence-electron chi connectivity index (χ4n) is 6.06. The van der Waals surface area contributed by atoms with Crippen LogP contribution < -0.4 is 14.9 Å². The van der Waals surface area contributed by atoms with Gasteiger partial charge in [0.15, 0.2) is 0 Å². The minimum absolute atomic E-state index is 0.0622. The summed E-state index contributed by atoms with van der Waals surface area (Å²) in [7, 11) is -4.55. The fourth-order valence-corrected chi connectivity index (χ4v) is 7.98. The molecule has 232 valence electrons. The van der Waals surface area contributed by atoms with E-state index < -0.39 is 43.4 Å². The van der Waals surface area contributed by atoms with Crippen LogP contribution in [-0.4, -0.2) is 63.9 Å². The molecule has 3 aliphatic heterocycles. The van der Waals surface area contributed by atoms with Crippen molar-refractivity contribution in [3.05, 3.63) is 70.8 Å². The summed E-state index contributed by atoms with van der Waals surface area (Å²) in [4.78, 5) is 28.7. The second-order valence-electron chi connectivity index (χ2n) is 12.1. The molecule has 0 aromatic heterocycles. The van der Waals surface area contributed by atoms with E-state index in [0.717, 1.165) is 22.5 Å². The van der Waals surface area contributed by atoms with E-state index in [-0.39, 0.29) is 41.3 Å². The fraction of sp³-hybridized carbons (Fsp3) is 0.467. The van der Waals surface area contributed by atoms with Crippen molar-refractivity contribution in [2.24, 2.45) is 10.8 Å². The number of carbonyl (C=O) groups excluding carboxylic acids is 2. The number of fused-ring (bicyclic) bond motifs is 4. The average molecular weight is 639 g/mol.